The van der Waals surface area contributed by atoms with Crippen molar-refractivity contribution in [2.75, 3.05) is 0 Å². The number of benzene rings is 2. The van der Waals surface area contributed by atoms with Crippen molar-refractivity contribution in [3.05, 3.63) is 70.0 Å². The molecule has 100 valence electrons. The zero-order valence-corrected chi connectivity index (χ0v) is 10.7. The van der Waals surface area contributed by atoms with E-state index in [1.807, 2.05) is 0 Å². The lowest BCUT2D eigenvalue weighted by atomic mass is 9.88. The Kier molecular flexibility index (Phi) is 3.56. The Hall–Kier alpha value is -1.52. The Balaban J connectivity index is 2.56. The van der Waals surface area contributed by atoms with Crippen LogP contribution in [0.2, 0.25) is 5.02 Å². The van der Waals surface area contributed by atoms with Crippen LogP contribution in [-0.2, 0) is 5.60 Å². The Morgan fingerprint density at radius 3 is 2.11 bits per heavy atom. The summed E-state index contributed by atoms with van der Waals surface area (Å²) in [6, 6.07) is 7.80. The van der Waals surface area contributed by atoms with Crippen molar-refractivity contribution >= 4 is 11.6 Å². The first kappa shape index (κ1) is 13.9. The molecule has 0 aliphatic heterocycles. The number of aliphatic hydroxyl groups is 1. The van der Waals surface area contributed by atoms with Crippen molar-refractivity contribution in [1.29, 1.82) is 0 Å². The first-order valence-electron chi connectivity index (χ1n) is 5.46. The Morgan fingerprint density at radius 2 is 1.53 bits per heavy atom. The van der Waals surface area contributed by atoms with Gasteiger partial charge in [0.25, 0.3) is 0 Å². The van der Waals surface area contributed by atoms with Crippen LogP contribution in [0.4, 0.5) is 13.2 Å². The second-order valence-electron chi connectivity index (χ2n) is 4.30. The summed E-state index contributed by atoms with van der Waals surface area (Å²) in [7, 11) is 0. The molecule has 0 saturated carbocycles. The minimum absolute atomic E-state index is 0.321. The van der Waals surface area contributed by atoms with E-state index in [1.165, 1.54) is 31.2 Å². The monoisotopic (exact) mass is 286 g/mol. The topological polar surface area (TPSA) is 20.2 Å². The molecule has 0 aliphatic carbocycles. The largest absolute Gasteiger partial charge is 0.381 e. The maximum absolute atomic E-state index is 13.7. The van der Waals surface area contributed by atoms with Gasteiger partial charge in [-0.25, -0.2) is 13.2 Å². The molecule has 0 spiro atoms. The van der Waals surface area contributed by atoms with Crippen molar-refractivity contribution in [3.8, 4) is 0 Å². The van der Waals surface area contributed by atoms with Crippen LogP contribution in [0.15, 0.2) is 36.4 Å². The summed E-state index contributed by atoms with van der Waals surface area (Å²) < 4.78 is 39.8. The SMILES string of the molecule is CC(O)(c1ccc(Cl)cc1)c1ccc(F)c(F)c1F. The second kappa shape index (κ2) is 4.87. The van der Waals surface area contributed by atoms with E-state index >= 15 is 0 Å². The van der Waals surface area contributed by atoms with E-state index in [1.54, 1.807) is 0 Å². The first-order valence-corrected chi connectivity index (χ1v) is 5.84. The van der Waals surface area contributed by atoms with Crippen molar-refractivity contribution < 1.29 is 18.3 Å². The molecule has 1 nitrogen and oxygen atoms in total. The summed E-state index contributed by atoms with van der Waals surface area (Å²) in [5.41, 5.74) is -1.81. The normalized spacial score (nSPS) is 14.2. The van der Waals surface area contributed by atoms with Crippen molar-refractivity contribution in [2.45, 2.75) is 12.5 Å². The number of halogens is 4. The van der Waals surface area contributed by atoms with Gasteiger partial charge in [-0.15, -0.1) is 0 Å². The minimum atomic E-state index is -1.79. The van der Waals surface area contributed by atoms with Crippen LogP contribution in [-0.4, -0.2) is 5.11 Å². The Bertz CT molecular complexity index is 609. The smallest absolute Gasteiger partial charge is 0.194 e. The maximum Gasteiger partial charge on any atom is 0.194 e. The predicted octanol–water partition coefficient (Wildman–Crippen LogP) is 4.01. The van der Waals surface area contributed by atoms with E-state index in [4.69, 9.17) is 11.6 Å². The van der Waals surface area contributed by atoms with Crippen LogP contribution in [0.25, 0.3) is 0 Å². The summed E-state index contributed by atoms with van der Waals surface area (Å²) in [5, 5.41) is 10.8. The van der Waals surface area contributed by atoms with Gasteiger partial charge in [-0.2, -0.15) is 0 Å². The molecule has 0 aromatic heterocycles. The second-order valence-corrected chi connectivity index (χ2v) is 4.74. The first-order chi connectivity index (χ1) is 8.84. The quantitative estimate of drug-likeness (QED) is 0.827. The van der Waals surface area contributed by atoms with E-state index in [0.717, 1.165) is 12.1 Å². The zero-order valence-electron chi connectivity index (χ0n) is 9.92. The molecule has 2 aromatic rings. The molecule has 1 unspecified atom stereocenters. The standard InChI is InChI=1S/C14H10ClF3O/c1-14(19,8-2-4-9(15)5-3-8)10-6-7-11(16)13(18)12(10)17/h2-7,19H,1H3. The lowest BCUT2D eigenvalue weighted by molar-refractivity contribution is 0.0967. The highest BCUT2D eigenvalue weighted by Gasteiger charge is 2.31. The van der Waals surface area contributed by atoms with Crippen LogP contribution in [0.1, 0.15) is 18.1 Å². The van der Waals surface area contributed by atoms with E-state index in [0.29, 0.717) is 10.6 Å². The molecule has 0 saturated heterocycles. The number of hydrogen-bond acceptors (Lipinski definition) is 1. The summed E-state index contributed by atoms with van der Waals surface area (Å²) in [4.78, 5) is 0. The van der Waals surface area contributed by atoms with Gasteiger partial charge in [0.1, 0.15) is 5.60 Å². The molecule has 0 fully saturated rings. The van der Waals surface area contributed by atoms with Crippen molar-refractivity contribution in [2.24, 2.45) is 0 Å². The van der Waals surface area contributed by atoms with E-state index in [9.17, 15) is 18.3 Å². The van der Waals surface area contributed by atoms with Crippen molar-refractivity contribution in [3.63, 3.8) is 0 Å². The molecule has 0 bridgehead atoms. The number of rotatable bonds is 2. The minimum Gasteiger partial charge on any atom is -0.381 e. The fraction of sp³-hybridized carbons (Fsp3) is 0.143. The molecule has 0 radical (unpaired) electrons. The van der Waals surface area contributed by atoms with Crippen LogP contribution in [0.5, 0.6) is 0 Å². The third-order valence-corrected chi connectivity index (χ3v) is 3.22. The van der Waals surface area contributed by atoms with Gasteiger partial charge >= 0.3 is 0 Å². The molecular formula is C14H10ClF3O. The molecule has 1 atom stereocenters. The Morgan fingerprint density at radius 1 is 0.947 bits per heavy atom. The molecule has 0 amide bonds. The molecule has 0 heterocycles. The highest BCUT2D eigenvalue weighted by molar-refractivity contribution is 6.30. The highest BCUT2D eigenvalue weighted by atomic mass is 35.5. The van der Waals surface area contributed by atoms with Crippen LogP contribution in [0.3, 0.4) is 0 Å². The third-order valence-electron chi connectivity index (χ3n) is 2.97. The average Bonchev–Trinajstić information content (AvgIpc) is 2.36. The van der Waals surface area contributed by atoms with Gasteiger partial charge in [-0.1, -0.05) is 23.7 Å². The van der Waals surface area contributed by atoms with Gasteiger partial charge in [0.2, 0.25) is 0 Å². The summed E-state index contributed by atoms with van der Waals surface area (Å²) in [6.07, 6.45) is 0. The van der Waals surface area contributed by atoms with E-state index < -0.39 is 23.1 Å². The van der Waals surface area contributed by atoms with Crippen LogP contribution < -0.4 is 0 Å². The van der Waals surface area contributed by atoms with E-state index in [2.05, 4.69) is 0 Å². The maximum atomic E-state index is 13.7. The van der Waals surface area contributed by atoms with Gasteiger partial charge in [-0.05, 0) is 36.8 Å². The highest BCUT2D eigenvalue weighted by Crippen LogP contribution is 2.32. The summed E-state index contributed by atoms with van der Waals surface area (Å²) in [6.45, 7) is 1.30. The van der Waals surface area contributed by atoms with Crippen molar-refractivity contribution in [1.82, 2.24) is 0 Å². The lowest BCUT2D eigenvalue weighted by Gasteiger charge is -2.25. The van der Waals surface area contributed by atoms with Gasteiger partial charge in [0.05, 0.1) is 0 Å². The van der Waals surface area contributed by atoms with Gasteiger partial charge in [0.15, 0.2) is 17.5 Å². The molecule has 19 heavy (non-hydrogen) atoms. The lowest BCUT2D eigenvalue weighted by Crippen LogP contribution is -2.25. The molecular weight excluding hydrogens is 277 g/mol. The molecule has 5 heteroatoms. The molecule has 2 aromatic carbocycles. The van der Waals surface area contributed by atoms with Crippen LogP contribution in [0, 0.1) is 17.5 Å². The predicted molar refractivity (Wildman–Crippen MR) is 66.4 cm³/mol. The molecule has 2 rings (SSSR count). The Labute approximate surface area is 113 Å². The van der Waals surface area contributed by atoms with Crippen LogP contribution >= 0.6 is 11.6 Å². The summed E-state index contributed by atoms with van der Waals surface area (Å²) >= 11 is 5.72. The van der Waals surface area contributed by atoms with Gasteiger partial charge in [-0.3, -0.25) is 0 Å². The average molecular weight is 287 g/mol. The fourth-order valence-corrected chi connectivity index (χ4v) is 1.96. The zero-order chi connectivity index (χ0) is 14.2. The third kappa shape index (κ3) is 2.46. The van der Waals surface area contributed by atoms with E-state index in [-0.39, 0.29) is 5.56 Å². The summed E-state index contributed by atoms with van der Waals surface area (Å²) in [5.74, 6) is -4.31. The molecule has 0 aliphatic rings. The van der Waals surface area contributed by atoms with Gasteiger partial charge < -0.3 is 5.11 Å². The van der Waals surface area contributed by atoms with Gasteiger partial charge in [0, 0.05) is 10.6 Å². The fourth-order valence-electron chi connectivity index (χ4n) is 1.83. The number of hydrogen-bond donors (Lipinski definition) is 1. The molecule has 1 N–H and O–H groups in total.